The van der Waals surface area contributed by atoms with Crippen molar-refractivity contribution >= 4 is 11.9 Å². The topological polar surface area (TPSA) is 52.1 Å². The summed E-state index contributed by atoms with van der Waals surface area (Å²) in [5, 5.41) is 4.19. The van der Waals surface area contributed by atoms with E-state index in [9.17, 15) is 0 Å². The fourth-order valence-corrected chi connectivity index (χ4v) is 1.87. The first kappa shape index (κ1) is 14.7. The van der Waals surface area contributed by atoms with Crippen LogP contribution in [0.2, 0.25) is 0 Å². The smallest absolute Gasteiger partial charge is 0.203 e. The molecule has 0 saturated heterocycles. The highest BCUT2D eigenvalue weighted by Crippen LogP contribution is 2.37. The van der Waals surface area contributed by atoms with Crippen molar-refractivity contribution in [3.8, 4) is 17.2 Å². The number of nitrogens with zero attached hydrogens (tertiary/aromatic N) is 1. The average Bonchev–Trinajstić information content (AvgIpc) is 2.54. The average molecular weight is 286 g/mol. The molecule has 2 aromatic carbocycles. The fourth-order valence-electron chi connectivity index (χ4n) is 1.87. The molecule has 0 aliphatic heterocycles. The van der Waals surface area contributed by atoms with Gasteiger partial charge in [0.05, 0.1) is 33.2 Å². The number of para-hydroxylation sites is 1. The maximum absolute atomic E-state index is 5.30. The lowest BCUT2D eigenvalue weighted by atomic mass is 10.2. The standard InChI is InChI=1S/C16H18N2O3/c1-19-14-9-12(10-15(20-2)16(14)21-3)11-17-18-13-7-5-4-6-8-13/h4-11,18H,1-3H3/b17-11-. The Morgan fingerprint density at radius 1 is 0.905 bits per heavy atom. The Bertz CT molecular complexity index is 587. The molecule has 110 valence electrons. The highest BCUT2D eigenvalue weighted by atomic mass is 16.5. The monoisotopic (exact) mass is 286 g/mol. The highest BCUT2D eigenvalue weighted by molar-refractivity contribution is 5.83. The third-order valence-electron chi connectivity index (χ3n) is 2.87. The van der Waals surface area contributed by atoms with E-state index in [4.69, 9.17) is 14.2 Å². The molecule has 0 saturated carbocycles. The van der Waals surface area contributed by atoms with E-state index in [0.29, 0.717) is 17.2 Å². The first-order valence-electron chi connectivity index (χ1n) is 6.42. The molecule has 0 radical (unpaired) electrons. The molecule has 0 spiro atoms. The number of methoxy groups -OCH3 is 3. The SMILES string of the molecule is COc1cc(/C=N\Nc2ccccc2)cc(OC)c1OC. The van der Waals surface area contributed by atoms with Gasteiger partial charge in [-0.2, -0.15) is 5.10 Å². The van der Waals surface area contributed by atoms with Gasteiger partial charge < -0.3 is 14.2 Å². The molecule has 5 heteroatoms. The number of benzene rings is 2. The van der Waals surface area contributed by atoms with Crippen molar-refractivity contribution in [2.45, 2.75) is 0 Å². The van der Waals surface area contributed by atoms with Crippen molar-refractivity contribution < 1.29 is 14.2 Å². The first-order valence-corrected chi connectivity index (χ1v) is 6.42. The molecule has 0 aliphatic carbocycles. The molecule has 0 amide bonds. The zero-order valence-corrected chi connectivity index (χ0v) is 12.3. The summed E-state index contributed by atoms with van der Waals surface area (Å²) in [6.45, 7) is 0. The van der Waals surface area contributed by atoms with E-state index in [1.54, 1.807) is 27.5 Å². The Hall–Kier alpha value is -2.69. The summed E-state index contributed by atoms with van der Waals surface area (Å²) in [5.41, 5.74) is 4.71. The lowest BCUT2D eigenvalue weighted by Gasteiger charge is -2.12. The van der Waals surface area contributed by atoms with Gasteiger partial charge in [-0.25, -0.2) is 0 Å². The van der Waals surface area contributed by atoms with Crippen LogP contribution in [0.3, 0.4) is 0 Å². The van der Waals surface area contributed by atoms with Gasteiger partial charge in [0.15, 0.2) is 11.5 Å². The summed E-state index contributed by atoms with van der Waals surface area (Å²) in [5.74, 6) is 1.75. The van der Waals surface area contributed by atoms with Crippen molar-refractivity contribution in [2.75, 3.05) is 26.8 Å². The molecular formula is C16H18N2O3. The fraction of sp³-hybridized carbons (Fsp3) is 0.188. The van der Waals surface area contributed by atoms with Crippen LogP contribution in [0.4, 0.5) is 5.69 Å². The Kier molecular flexibility index (Phi) is 5.04. The van der Waals surface area contributed by atoms with Crippen molar-refractivity contribution in [1.82, 2.24) is 0 Å². The summed E-state index contributed by atoms with van der Waals surface area (Å²) in [7, 11) is 4.74. The molecule has 0 aliphatic rings. The molecule has 0 unspecified atom stereocenters. The van der Waals surface area contributed by atoms with Crippen LogP contribution in [-0.2, 0) is 0 Å². The van der Waals surface area contributed by atoms with Crippen LogP contribution in [0, 0.1) is 0 Å². The largest absolute Gasteiger partial charge is 0.493 e. The number of ether oxygens (including phenoxy) is 3. The summed E-state index contributed by atoms with van der Waals surface area (Å²) in [4.78, 5) is 0. The first-order chi connectivity index (χ1) is 10.3. The molecule has 0 bridgehead atoms. The Balaban J connectivity index is 2.20. The van der Waals surface area contributed by atoms with Crippen LogP contribution in [0.25, 0.3) is 0 Å². The van der Waals surface area contributed by atoms with Crippen LogP contribution in [0.15, 0.2) is 47.6 Å². The van der Waals surface area contributed by atoms with E-state index >= 15 is 0 Å². The predicted octanol–water partition coefficient (Wildman–Crippen LogP) is 3.16. The lowest BCUT2D eigenvalue weighted by Crippen LogP contribution is -1.97. The molecule has 0 atom stereocenters. The third-order valence-corrected chi connectivity index (χ3v) is 2.87. The summed E-state index contributed by atoms with van der Waals surface area (Å²) in [6.07, 6.45) is 1.69. The minimum atomic E-state index is 0.563. The van der Waals surface area contributed by atoms with Crippen molar-refractivity contribution in [3.63, 3.8) is 0 Å². The van der Waals surface area contributed by atoms with E-state index < -0.39 is 0 Å². The maximum atomic E-state index is 5.30. The molecule has 21 heavy (non-hydrogen) atoms. The van der Waals surface area contributed by atoms with Crippen LogP contribution in [0.5, 0.6) is 17.2 Å². The molecule has 1 N–H and O–H groups in total. The molecule has 2 rings (SSSR count). The highest BCUT2D eigenvalue weighted by Gasteiger charge is 2.12. The van der Waals surface area contributed by atoms with E-state index in [1.807, 2.05) is 42.5 Å². The minimum Gasteiger partial charge on any atom is -0.493 e. The molecule has 2 aromatic rings. The number of hydrogen-bond acceptors (Lipinski definition) is 5. The van der Waals surface area contributed by atoms with Crippen LogP contribution in [0.1, 0.15) is 5.56 Å². The minimum absolute atomic E-state index is 0.563. The molecule has 0 fully saturated rings. The second-order valence-electron chi connectivity index (χ2n) is 4.19. The quantitative estimate of drug-likeness (QED) is 0.654. The van der Waals surface area contributed by atoms with Gasteiger partial charge in [0.1, 0.15) is 0 Å². The zero-order chi connectivity index (χ0) is 15.1. The van der Waals surface area contributed by atoms with E-state index in [1.165, 1.54) is 0 Å². The van der Waals surface area contributed by atoms with E-state index in [2.05, 4.69) is 10.5 Å². The third kappa shape index (κ3) is 3.66. The van der Waals surface area contributed by atoms with Crippen molar-refractivity contribution in [3.05, 3.63) is 48.0 Å². The Labute approximate surface area is 124 Å². The number of rotatable bonds is 6. The van der Waals surface area contributed by atoms with Gasteiger partial charge in [0, 0.05) is 5.56 Å². The van der Waals surface area contributed by atoms with Gasteiger partial charge in [-0.1, -0.05) is 18.2 Å². The normalized spacial score (nSPS) is 10.4. The van der Waals surface area contributed by atoms with Crippen LogP contribution in [-0.4, -0.2) is 27.5 Å². The van der Waals surface area contributed by atoms with Gasteiger partial charge in [-0.15, -0.1) is 0 Å². The summed E-state index contributed by atoms with van der Waals surface area (Å²) >= 11 is 0. The number of nitrogens with one attached hydrogen (secondary N) is 1. The van der Waals surface area contributed by atoms with Gasteiger partial charge in [0.2, 0.25) is 5.75 Å². The number of hydrogen-bond donors (Lipinski definition) is 1. The Morgan fingerprint density at radius 3 is 2.05 bits per heavy atom. The number of anilines is 1. The van der Waals surface area contributed by atoms with Crippen LogP contribution >= 0.6 is 0 Å². The van der Waals surface area contributed by atoms with Crippen molar-refractivity contribution in [2.24, 2.45) is 5.10 Å². The number of hydrazone groups is 1. The lowest BCUT2D eigenvalue weighted by molar-refractivity contribution is 0.324. The second-order valence-corrected chi connectivity index (χ2v) is 4.19. The molecule has 0 heterocycles. The van der Waals surface area contributed by atoms with Gasteiger partial charge in [-0.05, 0) is 24.3 Å². The molecular weight excluding hydrogens is 268 g/mol. The molecule has 5 nitrogen and oxygen atoms in total. The second kappa shape index (κ2) is 7.19. The zero-order valence-electron chi connectivity index (χ0n) is 12.3. The van der Waals surface area contributed by atoms with E-state index in [-0.39, 0.29) is 0 Å². The van der Waals surface area contributed by atoms with Gasteiger partial charge >= 0.3 is 0 Å². The van der Waals surface area contributed by atoms with E-state index in [0.717, 1.165) is 11.3 Å². The van der Waals surface area contributed by atoms with Gasteiger partial charge in [0.25, 0.3) is 0 Å². The summed E-state index contributed by atoms with van der Waals surface area (Å²) < 4.78 is 15.9. The van der Waals surface area contributed by atoms with Crippen molar-refractivity contribution in [1.29, 1.82) is 0 Å². The maximum Gasteiger partial charge on any atom is 0.203 e. The van der Waals surface area contributed by atoms with Gasteiger partial charge in [-0.3, -0.25) is 5.43 Å². The molecule has 0 aromatic heterocycles. The van der Waals surface area contributed by atoms with Crippen LogP contribution < -0.4 is 19.6 Å². The summed E-state index contributed by atoms with van der Waals surface area (Å²) in [6, 6.07) is 13.4. The predicted molar refractivity (Wildman–Crippen MR) is 83.8 cm³/mol. The Morgan fingerprint density at radius 2 is 1.52 bits per heavy atom.